The van der Waals surface area contributed by atoms with Crippen molar-refractivity contribution < 1.29 is 4.74 Å². The van der Waals surface area contributed by atoms with Gasteiger partial charge in [-0.3, -0.25) is 0 Å². The summed E-state index contributed by atoms with van der Waals surface area (Å²) in [6.45, 7) is 7.48. The molecule has 6 rings (SSSR count). The molecule has 94 valence electrons. The van der Waals surface area contributed by atoms with Gasteiger partial charge in [-0.15, -0.1) is 0 Å². The van der Waals surface area contributed by atoms with Gasteiger partial charge in [-0.1, -0.05) is 51.1 Å². The summed E-state index contributed by atoms with van der Waals surface area (Å²) in [6.07, 6.45) is 0.909. The quantitative estimate of drug-likeness (QED) is 0.728. The topological polar surface area (TPSA) is 9.23 Å². The second kappa shape index (κ2) is 2.56. The number of ether oxygens (including phenoxy) is 1. The zero-order chi connectivity index (χ0) is 12.3. The second-order valence-electron chi connectivity index (χ2n) is 7.60. The molecule has 6 bridgehead atoms. The minimum atomic E-state index is 0.370. The first kappa shape index (κ1) is 10.0. The summed E-state index contributed by atoms with van der Waals surface area (Å²) in [7, 11) is 0. The van der Waals surface area contributed by atoms with Crippen molar-refractivity contribution >= 4 is 0 Å². The van der Waals surface area contributed by atoms with Crippen LogP contribution < -0.4 is 0 Å². The van der Waals surface area contributed by atoms with E-state index in [-0.39, 0.29) is 0 Å². The fourth-order valence-electron chi connectivity index (χ4n) is 6.24. The van der Waals surface area contributed by atoms with Crippen LogP contribution in [0.5, 0.6) is 0 Å². The molecule has 0 unspecified atom stereocenters. The third kappa shape index (κ3) is 0.741. The number of hydrogen-bond donors (Lipinski definition) is 0. The van der Waals surface area contributed by atoms with Gasteiger partial charge in [0.05, 0.1) is 12.2 Å². The van der Waals surface area contributed by atoms with Crippen LogP contribution in [0.25, 0.3) is 0 Å². The van der Waals surface area contributed by atoms with Gasteiger partial charge in [0.2, 0.25) is 0 Å². The Morgan fingerprint density at radius 3 is 2.22 bits per heavy atom. The van der Waals surface area contributed by atoms with Crippen LogP contribution in [0.2, 0.25) is 0 Å². The minimum Gasteiger partial charge on any atom is -0.369 e. The summed E-state index contributed by atoms with van der Waals surface area (Å²) in [5.41, 5.74) is 2.31. The SMILES string of the molecule is CC1(C)[C@H]2[C@H]3[C@@H]2[C@H]2O[C@H](c4ccccc4)[C@@H]3[C@]21C. The molecule has 0 amide bonds. The third-order valence-corrected chi connectivity index (χ3v) is 7.15. The Morgan fingerprint density at radius 1 is 0.944 bits per heavy atom. The number of rotatable bonds is 1. The molecule has 0 radical (unpaired) electrons. The summed E-state index contributed by atoms with van der Waals surface area (Å²) < 4.78 is 6.49. The van der Waals surface area contributed by atoms with Crippen molar-refractivity contribution in [1.82, 2.24) is 0 Å². The van der Waals surface area contributed by atoms with Crippen LogP contribution in [-0.4, -0.2) is 6.10 Å². The van der Waals surface area contributed by atoms with Gasteiger partial charge in [0.1, 0.15) is 0 Å². The zero-order valence-corrected chi connectivity index (χ0v) is 11.3. The van der Waals surface area contributed by atoms with E-state index in [1.165, 1.54) is 5.56 Å². The highest BCUT2D eigenvalue weighted by molar-refractivity contribution is 5.39. The second-order valence-corrected chi connectivity index (χ2v) is 7.60. The summed E-state index contributed by atoms with van der Waals surface area (Å²) in [5.74, 6) is 3.59. The molecule has 1 heteroatoms. The molecule has 4 aliphatic carbocycles. The first-order valence-electron chi connectivity index (χ1n) is 7.29. The lowest BCUT2D eigenvalue weighted by Gasteiger charge is -2.36. The lowest BCUT2D eigenvalue weighted by molar-refractivity contribution is -0.0166. The number of benzene rings is 1. The lowest BCUT2D eigenvalue weighted by atomic mass is 9.66. The Hall–Kier alpha value is -0.820. The van der Waals surface area contributed by atoms with Crippen LogP contribution in [0.15, 0.2) is 30.3 Å². The molecule has 18 heavy (non-hydrogen) atoms. The monoisotopic (exact) mass is 240 g/mol. The van der Waals surface area contributed by atoms with Gasteiger partial charge < -0.3 is 4.74 Å². The molecule has 4 saturated carbocycles. The summed E-state index contributed by atoms with van der Waals surface area (Å²) in [6, 6.07) is 10.9. The Bertz CT molecular complexity index is 534. The van der Waals surface area contributed by atoms with E-state index in [1.54, 1.807) is 0 Å². The predicted molar refractivity (Wildman–Crippen MR) is 69.9 cm³/mol. The van der Waals surface area contributed by atoms with Gasteiger partial charge in [0, 0.05) is 11.3 Å². The maximum absolute atomic E-state index is 6.49. The van der Waals surface area contributed by atoms with Crippen LogP contribution in [-0.2, 0) is 4.74 Å². The van der Waals surface area contributed by atoms with Crippen molar-refractivity contribution in [2.75, 3.05) is 0 Å². The van der Waals surface area contributed by atoms with Crippen molar-refractivity contribution in [3.05, 3.63) is 35.9 Å². The van der Waals surface area contributed by atoms with Crippen molar-refractivity contribution in [2.45, 2.75) is 33.0 Å². The van der Waals surface area contributed by atoms with Gasteiger partial charge in [0.15, 0.2) is 0 Å². The van der Waals surface area contributed by atoms with Crippen molar-refractivity contribution in [3.8, 4) is 0 Å². The van der Waals surface area contributed by atoms with Crippen molar-refractivity contribution in [2.24, 2.45) is 34.5 Å². The van der Waals surface area contributed by atoms with Crippen LogP contribution >= 0.6 is 0 Å². The van der Waals surface area contributed by atoms with E-state index in [0.717, 1.165) is 23.7 Å². The molecule has 0 spiro atoms. The minimum absolute atomic E-state index is 0.370. The molecular weight excluding hydrogens is 220 g/mol. The maximum atomic E-state index is 6.49. The van der Waals surface area contributed by atoms with Crippen LogP contribution in [0.4, 0.5) is 0 Å². The van der Waals surface area contributed by atoms with Gasteiger partial charge in [-0.25, -0.2) is 0 Å². The zero-order valence-electron chi connectivity index (χ0n) is 11.3. The van der Waals surface area contributed by atoms with Gasteiger partial charge in [-0.2, -0.15) is 0 Å². The van der Waals surface area contributed by atoms with E-state index in [9.17, 15) is 0 Å². The van der Waals surface area contributed by atoms with Gasteiger partial charge >= 0.3 is 0 Å². The summed E-state index contributed by atoms with van der Waals surface area (Å²) in [5, 5.41) is 0. The average Bonchev–Trinajstić information content (AvgIpc) is 2.87. The molecule has 5 aliphatic rings. The molecule has 7 atom stereocenters. The summed E-state index contributed by atoms with van der Waals surface area (Å²) in [4.78, 5) is 0. The molecule has 1 aromatic rings. The first-order valence-corrected chi connectivity index (χ1v) is 7.29. The first-order chi connectivity index (χ1) is 8.58. The Kier molecular flexibility index (Phi) is 1.42. The fraction of sp³-hybridized carbons (Fsp3) is 0.647. The molecule has 1 aromatic carbocycles. The van der Waals surface area contributed by atoms with E-state index in [1.807, 2.05) is 0 Å². The third-order valence-electron chi connectivity index (χ3n) is 7.15. The fourth-order valence-corrected chi connectivity index (χ4v) is 6.24. The molecule has 1 heterocycles. The van der Waals surface area contributed by atoms with Crippen LogP contribution in [0.1, 0.15) is 32.4 Å². The highest BCUT2D eigenvalue weighted by atomic mass is 16.5. The van der Waals surface area contributed by atoms with Crippen LogP contribution in [0, 0.1) is 34.5 Å². The van der Waals surface area contributed by atoms with Gasteiger partial charge in [0.25, 0.3) is 0 Å². The highest BCUT2D eigenvalue weighted by Crippen LogP contribution is 2.90. The predicted octanol–water partition coefficient (Wildman–Crippen LogP) is 3.66. The number of hydrogen-bond acceptors (Lipinski definition) is 1. The molecule has 0 aromatic heterocycles. The van der Waals surface area contributed by atoms with Gasteiger partial charge in [-0.05, 0) is 28.7 Å². The standard InChI is InChI=1S/C17H20O/c1-16(2)12-10-11(12)15-17(16,3)13(10)14(18-15)9-7-5-4-6-8-9/h4-8,10-15H,1-3H3/t10-,11+,12+,13-,14-,15-,17-/m1/s1. The molecule has 0 N–H and O–H groups in total. The maximum Gasteiger partial charge on any atom is 0.0866 e. The Balaban J connectivity index is 1.64. The summed E-state index contributed by atoms with van der Waals surface area (Å²) >= 11 is 0. The van der Waals surface area contributed by atoms with E-state index >= 15 is 0 Å². The van der Waals surface area contributed by atoms with E-state index in [4.69, 9.17) is 4.74 Å². The molecule has 5 fully saturated rings. The van der Waals surface area contributed by atoms with E-state index < -0.39 is 0 Å². The molecule has 1 nitrogen and oxygen atoms in total. The highest BCUT2D eigenvalue weighted by Gasteiger charge is 2.90. The van der Waals surface area contributed by atoms with E-state index in [2.05, 4.69) is 51.1 Å². The average molecular weight is 240 g/mol. The van der Waals surface area contributed by atoms with Crippen molar-refractivity contribution in [1.29, 1.82) is 0 Å². The molecular formula is C17H20O. The van der Waals surface area contributed by atoms with Crippen LogP contribution in [0.3, 0.4) is 0 Å². The molecule has 1 saturated heterocycles. The van der Waals surface area contributed by atoms with Crippen molar-refractivity contribution in [3.63, 3.8) is 0 Å². The Morgan fingerprint density at radius 2 is 1.67 bits per heavy atom. The largest absolute Gasteiger partial charge is 0.369 e. The normalized spacial score (nSPS) is 57.1. The smallest absolute Gasteiger partial charge is 0.0866 e. The lowest BCUT2D eigenvalue weighted by Crippen LogP contribution is -2.35. The molecule has 1 aliphatic heterocycles. The Labute approximate surface area is 109 Å². The van der Waals surface area contributed by atoms with E-state index in [0.29, 0.717) is 23.0 Å².